The van der Waals surface area contributed by atoms with Gasteiger partial charge in [0.2, 0.25) is 0 Å². The predicted octanol–water partition coefficient (Wildman–Crippen LogP) is 3.33. The van der Waals surface area contributed by atoms with Gasteiger partial charge in [0, 0.05) is 17.3 Å². The van der Waals surface area contributed by atoms with Crippen LogP contribution in [-0.4, -0.2) is 11.0 Å². The Morgan fingerprint density at radius 3 is 2.71 bits per heavy atom. The number of hydrogen-bond donors (Lipinski definition) is 1. The molecule has 1 unspecified atom stereocenters. The van der Waals surface area contributed by atoms with Gasteiger partial charge in [-0.25, -0.2) is 4.98 Å². The lowest BCUT2D eigenvalue weighted by Crippen LogP contribution is -2.26. The molecular formula is C14H22N2S. The van der Waals surface area contributed by atoms with Crippen molar-refractivity contribution >= 4 is 11.3 Å². The second kappa shape index (κ2) is 6.18. The number of rotatable bonds is 5. The fourth-order valence-electron chi connectivity index (χ4n) is 1.48. The van der Waals surface area contributed by atoms with E-state index in [1.807, 2.05) is 0 Å². The maximum absolute atomic E-state index is 5.47. The topological polar surface area (TPSA) is 24.9 Å². The van der Waals surface area contributed by atoms with Crippen LogP contribution in [0, 0.1) is 12.3 Å². The van der Waals surface area contributed by atoms with E-state index in [-0.39, 0.29) is 11.5 Å². The van der Waals surface area contributed by atoms with Gasteiger partial charge in [0.25, 0.3) is 0 Å². The van der Waals surface area contributed by atoms with Crippen molar-refractivity contribution in [1.29, 1.82) is 0 Å². The molecule has 0 aliphatic heterocycles. The van der Waals surface area contributed by atoms with Crippen molar-refractivity contribution in [3.63, 3.8) is 0 Å². The summed E-state index contributed by atoms with van der Waals surface area (Å²) in [6.45, 7) is 9.46. The second-order valence-corrected chi connectivity index (χ2v) is 6.21. The van der Waals surface area contributed by atoms with E-state index in [0.29, 0.717) is 0 Å². The molecule has 0 spiro atoms. The van der Waals surface area contributed by atoms with Crippen molar-refractivity contribution in [2.45, 2.75) is 58.5 Å². The number of aromatic nitrogens is 1. The highest BCUT2D eigenvalue weighted by Gasteiger charge is 2.17. The van der Waals surface area contributed by atoms with E-state index >= 15 is 0 Å². The van der Waals surface area contributed by atoms with Crippen molar-refractivity contribution in [3.8, 4) is 12.3 Å². The third-order valence-electron chi connectivity index (χ3n) is 2.60. The molecule has 0 saturated heterocycles. The summed E-state index contributed by atoms with van der Waals surface area (Å²) in [7, 11) is 0. The quantitative estimate of drug-likeness (QED) is 0.811. The van der Waals surface area contributed by atoms with Gasteiger partial charge < -0.3 is 0 Å². The van der Waals surface area contributed by atoms with Gasteiger partial charge in [-0.3, -0.25) is 5.32 Å². The maximum Gasteiger partial charge on any atom is 0.107 e. The highest BCUT2D eigenvalue weighted by atomic mass is 32.1. The molecule has 0 fully saturated rings. The van der Waals surface area contributed by atoms with E-state index in [4.69, 9.17) is 6.42 Å². The zero-order valence-corrected chi connectivity index (χ0v) is 12.0. The van der Waals surface area contributed by atoms with Gasteiger partial charge in [0.15, 0.2) is 0 Å². The number of nitrogens with one attached hydrogen (secondary N) is 1. The molecular weight excluding hydrogens is 228 g/mol. The minimum absolute atomic E-state index is 0.129. The Balaban J connectivity index is 2.53. The lowest BCUT2D eigenvalue weighted by atomic mass is 9.93. The molecule has 94 valence electrons. The average Bonchev–Trinajstić information content (AvgIpc) is 2.72. The molecule has 0 saturated carbocycles. The Morgan fingerprint density at radius 2 is 2.24 bits per heavy atom. The van der Waals surface area contributed by atoms with Crippen LogP contribution < -0.4 is 5.32 Å². The van der Waals surface area contributed by atoms with Crippen LogP contribution in [-0.2, 0) is 12.0 Å². The fourth-order valence-corrected chi connectivity index (χ4v) is 2.45. The third kappa shape index (κ3) is 4.49. The Labute approximate surface area is 109 Å². The molecule has 1 atom stereocenters. The van der Waals surface area contributed by atoms with Gasteiger partial charge in [-0.05, 0) is 6.42 Å². The van der Waals surface area contributed by atoms with Gasteiger partial charge in [0.05, 0.1) is 11.7 Å². The predicted molar refractivity (Wildman–Crippen MR) is 75.2 cm³/mol. The van der Waals surface area contributed by atoms with Crippen LogP contribution >= 0.6 is 11.3 Å². The second-order valence-electron chi connectivity index (χ2n) is 5.27. The Hall–Kier alpha value is -0.850. The standard InChI is InChI=1S/C14H22N2S/c1-6-8-11(7-2)15-9-13-16-12(10-17-13)14(3,4)5/h2,10-11,15H,6,8-9H2,1,3-5H3. The molecule has 0 radical (unpaired) electrons. The molecule has 2 nitrogen and oxygen atoms in total. The molecule has 0 aliphatic rings. The van der Waals surface area contributed by atoms with E-state index in [0.717, 1.165) is 30.1 Å². The molecule has 1 aromatic heterocycles. The Morgan fingerprint density at radius 1 is 1.53 bits per heavy atom. The minimum atomic E-state index is 0.129. The molecule has 17 heavy (non-hydrogen) atoms. The highest BCUT2D eigenvalue weighted by molar-refractivity contribution is 7.09. The van der Waals surface area contributed by atoms with Crippen LogP contribution in [0.25, 0.3) is 0 Å². The van der Waals surface area contributed by atoms with E-state index in [1.165, 1.54) is 0 Å². The van der Waals surface area contributed by atoms with Gasteiger partial charge in [-0.15, -0.1) is 17.8 Å². The zero-order chi connectivity index (χ0) is 12.9. The molecule has 3 heteroatoms. The summed E-state index contributed by atoms with van der Waals surface area (Å²) in [5.41, 5.74) is 1.29. The normalized spacial score (nSPS) is 13.4. The fraction of sp³-hybridized carbons (Fsp3) is 0.643. The van der Waals surface area contributed by atoms with Gasteiger partial charge in [-0.2, -0.15) is 0 Å². The first-order chi connectivity index (χ1) is 7.97. The van der Waals surface area contributed by atoms with Crippen molar-refractivity contribution in [2.75, 3.05) is 0 Å². The van der Waals surface area contributed by atoms with E-state index in [1.54, 1.807) is 11.3 Å². The van der Waals surface area contributed by atoms with Crippen LogP contribution in [0.3, 0.4) is 0 Å². The summed E-state index contributed by atoms with van der Waals surface area (Å²) >= 11 is 1.70. The molecule has 1 rings (SSSR count). The van der Waals surface area contributed by atoms with E-state index < -0.39 is 0 Å². The van der Waals surface area contributed by atoms with Gasteiger partial charge >= 0.3 is 0 Å². The molecule has 1 aromatic rings. The largest absolute Gasteiger partial charge is 0.297 e. The van der Waals surface area contributed by atoms with Gasteiger partial charge in [0.1, 0.15) is 5.01 Å². The average molecular weight is 250 g/mol. The first-order valence-corrected chi connectivity index (χ1v) is 6.99. The number of terminal acetylenes is 1. The zero-order valence-electron chi connectivity index (χ0n) is 11.2. The van der Waals surface area contributed by atoms with Crippen molar-refractivity contribution in [2.24, 2.45) is 0 Å². The molecule has 0 amide bonds. The number of hydrogen-bond acceptors (Lipinski definition) is 3. The Bertz CT molecular complexity index is 382. The summed E-state index contributed by atoms with van der Waals surface area (Å²) in [6, 6.07) is 0.169. The van der Waals surface area contributed by atoms with Crippen molar-refractivity contribution in [3.05, 3.63) is 16.1 Å². The monoisotopic (exact) mass is 250 g/mol. The summed E-state index contributed by atoms with van der Waals surface area (Å²) < 4.78 is 0. The number of thiazole rings is 1. The first-order valence-electron chi connectivity index (χ1n) is 6.11. The smallest absolute Gasteiger partial charge is 0.107 e. The molecule has 1 N–H and O–H groups in total. The molecule has 0 bridgehead atoms. The van der Waals surface area contributed by atoms with Crippen LogP contribution in [0.2, 0.25) is 0 Å². The molecule has 0 aromatic carbocycles. The summed E-state index contributed by atoms with van der Waals surface area (Å²) in [6.07, 6.45) is 7.59. The summed E-state index contributed by atoms with van der Waals surface area (Å²) in [5.74, 6) is 2.78. The first kappa shape index (κ1) is 14.2. The Kier molecular flexibility index (Phi) is 5.17. The van der Waals surface area contributed by atoms with E-state index in [9.17, 15) is 0 Å². The van der Waals surface area contributed by atoms with Crippen LogP contribution in [0.1, 0.15) is 51.2 Å². The molecule has 0 aliphatic carbocycles. The third-order valence-corrected chi connectivity index (χ3v) is 3.45. The van der Waals surface area contributed by atoms with Crippen molar-refractivity contribution < 1.29 is 0 Å². The van der Waals surface area contributed by atoms with Crippen LogP contribution in [0.15, 0.2) is 5.38 Å². The number of nitrogens with zero attached hydrogens (tertiary/aromatic N) is 1. The lowest BCUT2D eigenvalue weighted by molar-refractivity contribution is 0.550. The van der Waals surface area contributed by atoms with E-state index in [2.05, 4.69) is 49.3 Å². The minimum Gasteiger partial charge on any atom is -0.297 e. The SMILES string of the molecule is C#CC(CCC)NCc1nc(C(C)(C)C)cs1. The summed E-state index contributed by atoms with van der Waals surface area (Å²) in [5, 5.41) is 6.62. The molecule has 1 heterocycles. The maximum atomic E-state index is 5.47. The lowest BCUT2D eigenvalue weighted by Gasteiger charge is -2.14. The summed E-state index contributed by atoms with van der Waals surface area (Å²) in [4.78, 5) is 4.64. The van der Waals surface area contributed by atoms with Crippen LogP contribution in [0.4, 0.5) is 0 Å². The van der Waals surface area contributed by atoms with Gasteiger partial charge in [-0.1, -0.05) is 40.0 Å². The van der Waals surface area contributed by atoms with Crippen molar-refractivity contribution in [1.82, 2.24) is 10.3 Å². The van der Waals surface area contributed by atoms with Crippen LogP contribution in [0.5, 0.6) is 0 Å². The highest BCUT2D eigenvalue weighted by Crippen LogP contribution is 2.23.